The number of benzene rings is 1. The van der Waals surface area contributed by atoms with Crippen molar-refractivity contribution >= 4 is 27.3 Å². The number of hydrogen-bond acceptors (Lipinski definition) is 2. The quantitative estimate of drug-likeness (QED) is 0.725. The fourth-order valence-corrected chi connectivity index (χ4v) is 2.34. The molecule has 1 nitrogen and oxygen atoms in total. The SMILES string of the molecule is Fc1ccc(-c2nc(Br)cs2)c(F)c1F. The summed E-state index contributed by atoms with van der Waals surface area (Å²) in [6.07, 6.45) is 0. The summed E-state index contributed by atoms with van der Waals surface area (Å²) in [7, 11) is 0. The highest BCUT2D eigenvalue weighted by Crippen LogP contribution is 2.29. The number of thiazole rings is 1. The highest BCUT2D eigenvalue weighted by molar-refractivity contribution is 9.10. The van der Waals surface area contributed by atoms with E-state index in [0.29, 0.717) is 9.61 Å². The molecule has 0 N–H and O–H groups in total. The van der Waals surface area contributed by atoms with Crippen LogP contribution in [-0.4, -0.2) is 4.98 Å². The molecule has 1 aromatic carbocycles. The lowest BCUT2D eigenvalue weighted by atomic mass is 10.2. The van der Waals surface area contributed by atoms with E-state index in [2.05, 4.69) is 20.9 Å². The van der Waals surface area contributed by atoms with Gasteiger partial charge in [-0.15, -0.1) is 11.3 Å². The largest absolute Gasteiger partial charge is 0.229 e. The Morgan fingerprint density at radius 3 is 2.47 bits per heavy atom. The molecule has 0 aliphatic rings. The minimum atomic E-state index is -1.47. The first-order valence-electron chi connectivity index (χ1n) is 3.84. The summed E-state index contributed by atoms with van der Waals surface area (Å²) in [5.41, 5.74) is -0.0374. The van der Waals surface area contributed by atoms with Crippen LogP contribution in [0.1, 0.15) is 0 Å². The van der Waals surface area contributed by atoms with Gasteiger partial charge < -0.3 is 0 Å². The first kappa shape index (κ1) is 10.6. The van der Waals surface area contributed by atoms with Crippen molar-refractivity contribution in [3.63, 3.8) is 0 Å². The first-order valence-corrected chi connectivity index (χ1v) is 5.51. The van der Waals surface area contributed by atoms with Gasteiger partial charge in [0, 0.05) is 10.9 Å². The molecule has 0 saturated heterocycles. The number of halogens is 4. The van der Waals surface area contributed by atoms with E-state index in [1.165, 1.54) is 6.07 Å². The maximum absolute atomic E-state index is 13.3. The van der Waals surface area contributed by atoms with Gasteiger partial charge in [-0.1, -0.05) is 0 Å². The van der Waals surface area contributed by atoms with E-state index in [0.717, 1.165) is 17.4 Å². The van der Waals surface area contributed by atoms with Crippen LogP contribution in [0.2, 0.25) is 0 Å². The third-order valence-electron chi connectivity index (χ3n) is 1.74. The number of nitrogens with zero attached hydrogens (tertiary/aromatic N) is 1. The van der Waals surface area contributed by atoms with Crippen molar-refractivity contribution in [1.82, 2.24) is 4.98 Å². The van der Waals surface area contributed by atoms with Crippen LogP contribution in [0.3, 0.4) is 0 Å². The monoisotopic (exact) mass is 293 g/mol. The smallest absolute Gasteiger partial charge is 0.195 e. The summed E-state index contributed by atoms with van der Waals surface area (Å²) >= 11 is 4.24. The molecule has 0 saturated carbocycles. The number of rotatable bonds is 1. The van der Waals surface area contributed by atoms with Gasteiger partial charge in [-0.05, 0) is 28.1 Å². The molecule has 0 amide bonds. The molecule has 0 spiro atoms. The van der Waals surface area contributed by atoms with E-state index < -0.39 is 17.5 Å². The first-order chi connectivity index (χ1) is 7.09. The molecule has 0 atom stereocenters. The minimum Gasteiger partial charge on any atom is -0.229 e. The van der Waals surface area contributed by atoms with E-state index >= 15 is 0 Å². The number of aromatic nitrogens is 1. The van der Waals surface area contributed by atoms with Crippen LogP contribution in [0.15, 0.2) is 22.1 Å². The topological polar surface area (TPSA) is 12.9 Å². The second kappa shape index (κ2) is 3.94. The molecule has 1 aromatic heterocycles. The lowest BCUT2D eigenvalue weighted by molar-refractivity contribution is 0.449. The van der Waals surface area contributed by atoms with Crippen molar-refractivity contribution in [3.05, 3.63) is 39.6 Å². The van der Waals surface area contributed by atoms with Crippen LogP contribution >= 0.6 is 27.3 Å². The maximum Gasteiger partial charge on any atom is 0.195 e. The summed E-state index contributed by atoms with van der Waals surface area (Å²) < 4.78 is 39.4. The van der Waals surface area contributed by atoms with E-state index in [9.17, 15) is 13.2 Å². The summed E-state index contributed by atoms with van der Waals surface area (Å²) in [4.78, 5) is 3.92. The van der Waals surface area contributed by atoms with E-state index in [1.807, 2.05) is 0 Å². The highest BCUT2D eigenvalue weighted by atomic mass is 79.9. The third-order valence-corrected chi connectivity index (χ3v) is 3.33. The van der Waals surface area contributed by atoms with Crippen molar-refractivity contribution in [1.29, 1.82) is 0 Å². The maximum atomic E-state index is 13.3. The molecular formula is C9H3BrF3NS. The number of hydrogen-bond donors (Lipinski definition) is 0. The summed E-state index contributed by atoms with van der Waals surface area (Å²) in [6.45, 7) is 0. The molecule has 0 aliphatic carbocycles. The second-order valence-corrected chi connectivity index (χ2v) is 4.37. The van der Waals surface area contributed by atoms with Crippen molar-refractivity contribution in [3.8, 4) is 10.6 Å². The van der Waals surface area contributed by atoms with Gasteiger partial charge in [-0.3, -0.25) is 0 Å². The molecule has 2 aromatic rings. The summed E-state index contributed by atoms with van der Waals surface area (Å²) in [6, 6.07) is 2.04. The van der Waals surface area contributed by atoms with Crippen LogP contribution in [0, 0.1) is 17.5 Å². The van der Waals surface area contributed by atoms with Crippen LogP contribution in [0.4, 0.5) is 13.2 Å². The Bertz CT molecular complexity index is 512. The van der Waals surface area contributed by atoms with Gasteiger partial charge in [-0.25, -0.2) is 18.2 Å². The molecular weight excluding hydrogens is 291 g/mol. The van der Waals surface area contributed by atoms with Gasteiger partial charge in [0.05, 0.1) is 0 Å². The van der Waals surface area contributed by atoms with Crippen LogP contribution in [-0.2, 0) is 0 Å². The van der Waals surface area contributed by atoms with E-state index in [4.69, 9.17) is 0 Å². The molecule has 78 valence electrons. The Kier molecular flexibility index (Phi) is 2.79. The predicted octanol–water partition coefficient (Wildman–Crippen LogP) is 3.99. The van der Waals surface area contributed by atoms with Gasteiger partial charge >= 0.3 is 0 Å². The van der Waals surface area contributed by atoms with Crippen molar-refractivity contribution in [2.45, 2.75) is 0 Å². The van der Waals surface area contributed by atoms with Crippen molar-refractivity contribution < 1.29 is 13.2 Å². The molecule has 0 bridgehead atoms. The molecule has 6 heteroatoms. The molecule has 1 heterocycles. The molecule has 0 unspecified atom stereocenters. The van der Waals surface area contributed by atoms with Gasteiger partial charge in [-0.2, -0.15) is 0 Å². The fourth-order valence-electron chi connectivity index (χ4n) is 1.07. The minimum absolute atomic E-state index is 0.0374. The Balaban J connectivity index is 2.59. The summed E-state index contributed by atoms with van der Waals surface area (Å²) in [5, 5.41) is 1.94. The van der Waals surface area contributed by atoms with E-state index in [1.54, 1.807) is 5.38 Å². The Labute approximate surface area is 95.7 Å². The zero-order chi connectivity index (χ0) is 11.0. The third kappa shape index (κ3) is 1.91. The molecule has 0 radical (unpaired) electrons. The van der Waals surface area contributed by atoms with Gasteiger partial charge in [0.25, 0.3) is 0 Å². The van der Waals surface area contributed by atoms with Crippen LogP contribution in [0.5, 0.6) is 0 Å². The highest BCUT2D eigenvalue weighted by Gasteiger charge is 2.16. The molecule has 0 fully saturated rings. The standard InChI is InChI=1S/C9H3BrF3NS/c10-6-3-15-9(14-6)4-1-2-5(11)8(13)7(4)12/h1-3H. The predicted molar refractivity (Wildman–Crippen MR) is 55.1 cm³/mol. The summed E-state index contributed by atoms with van der Waals surface area (Å²) in [5.74, 6) is -3.89. The average molecular weight is 294 g/mol. The Morgan fingerprint density at radius 2 is 1.87 bits per heavy atom. The lowest BCUT2D eigenvalue weighted by Gasteiger charge is -2.00. The van der Waals surface area contributed by atoms with E-state index in [-0.39, 0.29) is 5.56 Å². The fraction of sp³-hybridized carbons (Fsp3) is 0. The lowest BCUT2D eigenvalue weighted by Crippen LogP contribution is -1.93. The molecule has 0 aliphatic heterocycles. The normalized spacial score (nSPS) is 10.7. The second-order valence-electron chi connectivity index (χ2n) is 2.70. The van der Waals surface area contributed by atoms with Crippen LogP contribution in [0.25, 0.3) is 10.6 Å². The Morgan fingerprint density at radius 1 is 1.13 bits per heavy atom. The van der Waals surface area contributed by atoms with Gasteiger partial charge in [0.1, 0.15) is 9.61 Å². The molecule has 2 rings (SSSR count). The van der Waals surface area contributed by atoms with Gasteiger partial charge in [0.15, 0.2) is 17.5 Å². The Hall–Kier alpha value is -0.880. The van der Waals surface area contributed by atoms with Crippen molar-refractivity contribution in [2.75, 3.05) is 0 Å². The molecule has 15 heavy (non-hydrogen) atoms. The average Bonchev–Trinajstić information content (AvgIpc) is 2.61. The zero-order valence-electron chi connectivity index (χ0n) is 7.10. The van der Waals surface area contributed by atoms with Crippen LogP contribution < -0.4 is 0 Å². The zero-order valence-corrected chi connectivity index (χ0v) is 9.50. The van der Waals surface area contributed by atoms with Gasteiger partial charge in [0.2, 0.25) is 0 Å². The van der Waals surface area contributed by atoms with Crippen molar-refractivity contribution in [2.24, 2.45) is 0 Å².